The number of ether oxygens (including phenoxy) is 1. The van der Waals surface area contributed by atoms with Gasteiger partial charge in [-0.25, -0.2) is 4.79 Å². The number of carboxylic acids is 1. The standard InChI is InChI=1S/C24H32O3/c1-15-11-16(7-8-17(15)22(25)26)14-27-21-12-20(23(2,3)4)19-13-24(5,6)10-9-18(19)21/h7-11,20-21H,12-14H2,1-6H3,(H,25,26). The van der Waals surface area contributed by atoms with Gasteiger partial charge in [-0.2, -0.15) is 0 Å². The molecule has 3 rings (SSSR count). The minimum atomic E-state index is -0.881. The summed E-state index contributed by atoms with van der Waals surface area (Å²) in [5, 5.41) is 9.19. The van der Waals surface area contributed by atoms with Crippen molar-refractivity contribution in [2.24, 2.45) is 16.7 Å². The van der Waals surface area contributed by atoms with E-state index in [1.807, 2.05) is 19.1 Å². The summed E-state index contributed by atoms with van der Waals surface area (Å²) in [6.45, 7) is 13.9. The molecule has 0 fully saturated rings. The molecule has 2 unspecified atom stereocenters. The molecule has 0 amide bonds. The van der Waals surface area contributed by atoms with Crippen LogP contribution >= 0.6 is 0 Å². The predicted molar refractivity (Wildman–Crippen MR) is 109 cm³/mol. The van der Waals surface area contributed by atoms with Crippen molar-refractivity contribution in [3.63, 3.8) is 0 Å². The van der Waals surface area contributed by atoms with Gasteiger partial charge in [-0.05, 0) is 59.3 Å². The number of aromatic carboxylic acids is 1. The van der Waals surface area contributed by atoms with E-state index < -0.39 is 5.97 Å². The van der Waals surface area contributed by atoms with Crippen molar-refractivity contribution >= 4 is 5.97 Å². The van der Waals surface area contributed by atoms with E-state index in [2.05, 4.69) is 46.8 Å². The number of benzene rings is 1. The zero-order chi connectivity index (χ0) is 20.0. The van der Waals surface area contributed by atoms with Crippen LogP contribution in [-0.2, 0) is 11.3 Å². The fourth-order valence-electron chi connectivity index (χ4n) is 4.48. The Morgan fingerprint density at radius 1 is 1.30 bits per heavy atom. The zero-order valence-corrected chi connectivity index (χ0v) is 17.4. The summed E-state index contributed by atoms with van der Waals surface area (Å²) in [5.41, 5.74) is 5.53. The summed E-state index contributed by atoms with van der Waals surface area (Å²) >= 11 is 0. The highest BCUT2D eigenvalue weighted by Gasteiger charge is 2.42. The van der Waals surface area contributed by atoms with E-state index in [4.69, 9.17) is 4.74 Å². The SMILES string of the molecule is Cc1cc(COC2CC(C(C)(C)C)C3=C2C=CC(C)(C)C3)ccc1C(=O)O. The topological polar surface area (TPSA) is 46.5 Å². The van der Waals surface area contributed by atoms with E-state index in [1.165, 1.54) is 5.57 Å². The number of carboxylic acid groups (broad SMARTS) is 1. The Morgan fingerprint density at radius 3 is 2.59 bits per heavy atom. The van der Waals surface area contributed by atoms with Gasteiger partial charge >= 0.3 is 5.97 Å². The summed E-state index contributed by atoms with van der Waals surface area (Å²) in [4.78, 5) is 11.2. The molecular weight excluding hydrogens is 336 g/mol. The molecule has 0 aromatic heterocycles. The summed E-state index contributed by atoms with van der Waals surface area (Å²) < 4.78 is 6.35. The molecule has 1 aromatic rings. The van der Waals surface area contributed by atoms with Gasteiger partial charge in [0.1, 0.15) is 0 Å². The molecule has 2 aliphatic rings. The molecule has 27 heavy (non-hydrogen) atoms. The number of aryl methyl sites for hydroxylation is 1. The average Bonchev–Trinajstić information content (AvgIpc) is 2.89. The molecule has 3 nitrogen and oxygen atoms in total. The lowest BCUT2D eigenvalue weighted by Gasteiger charge is -2.34. The maximum atomic E-state index is 11.2. The quantitative estimate of drug-likeness (QED) is 0.717. The first-order valence-corrected chi connectivity index (χ1v) is 9.84. The Morgan fingerprint density at radius 2 is 2.00 bits per heavy atom. The molecule has 1 N–H and O–H groups in total. The second-order valence-corrected chi connectivity index (χ2v) is 9.89. The Hall–Kier alpha value is -1.87. The molecular formula is C24H32O3. The number of hydrogen-bond acceptors (Lipinski definition) is 2. The lowest BCUT2D eigenvalue weighted by atomic mass is 9.71. The predicted octanol–water partition coefficient (Wildman–Crippen LogP) is 5.93. The van der Waals surface area contributed by atoms with Crippen LogP contribution in [0.2, 0.25) is 0 Å². The monoisotopic (exact) mass is 368 g/mol. The molecule has 1 aromatic carbocycles. The van der Waals surface area contributed by atoms with Crippen molar-refractivity contribution < 1.29 is 14.6 Å². The number of allylic oxidation sites excluding steroid dienone is 2. The van der Waals surface area contributed by atoms with Crippen LogP contribution in [-0.4, -0.2) is 17.2 Å². The van der Waals surface area contributed by atoms with E-state index in [9.17, 15) is 9.90 Å². The zero-order valence-electron chi connectivity index (χ0n) is 17.4. The van der Waals surface area contributed by atoms with Crippen LogP contribution in [0.15, 0.2) is 41.5 Å². The Kier molecular flexibility index (Phi) is 5.11. The van der Waals surface area contributed by atoms with E-state index in [-0.39, 0.29) is 16.9 Å². The smallest absolute Gasteiger partial charge is 0.335 e. The van der Waals surface area contributed by atoms with Crippen LogP contribution in [0.4, 0.5) is 0 Å². The van der Waals surface area contributed by atoms with Crippen LogP contribution in [0.5, 0.6) is 0 Å². The van der Waals surface area contributed by atoms with E-state index in [0.717, 1.165) is 24.0 Å². The second-order valence-electron chi connectivity index (χ2n) is 9.89. The van der Waals surface area contributed by atoms with Crippen molar-refractivity contribution in [1.82, 2.24) is 0 Å². The van der Waals surface area contributed by atoms with Gasteiger partial charge in [0.05, 0.1) is 18.3 Å². The van der Waals surface area contributed by atoms with Crippen LogP contribution in [0, 0.1) is 23.7 Å². The third-order valence-electron chi connectivity index (χ3n) is 5.97. The number of rotatable bonds is 4. The maximum absolute atomic E-state index is 11.2. The van der Waals surface area contributed by atoms with Gasteiger partial charge in [-0.15, -0.1) is 0 Å². The highest BCUT2D eigenvalue weighted by molar-refractivity contribution is 5.89. The second kappa shape index (κ2) is 6.94. The van der Waals surface area contributed by atoms with Crippen molar-refractivity contribution in [1.29, 1.82) is 0 Å². The highest BCUT2D eigenvalue weighted by atomic mass is 16.5. The average molecular weight is 369 g/mol. The first-order chi connectivity index (χ1) is 12.5. The van der Waals surface area contributed by atoms with Gasteiger partial charge in [0.15, 0.2) is 0 Å². The Bertz CT molecular complexity index is 805. The van der Waals surface area contributed by atoms with Gasteiger partial charge in [-0.3, -0.25) is 0 Å². The fraction of sp³-hybridized carbons (Fsp3) is 0.542. The molecule has 0 spiro atoms. The maximum Gasteiger partial charge on any atom is 0.335 e. The first-order valence-electron chi connectivity index (χ1n) is 9.84. The van der Waals surface area contributed by atoms with Gasteiger partial charge in [0.25, 0.3) is 0 Å². The van der Waals surface area contributed by atoms with Crippen molar-refractivity contribution in [2.45, 2.75) is 67.1 Å². The molecule has 0 heterocycles. The minimum Gasteiger partial charge on any atom is -0.478 e. The molecule has 0 saturated carbocycles. The molecule has 0 aliphatic heterocycles. The molecule has 2 aliphatic carbocycles. The molecule has 0 saturated heterocycles. The minimum absolute atomic E-state index is 0.121. The Balaban J connectivity index is 1.78. The van der Waals surface area contributed by atoms with Crippen LogP contribution < -0.4 is 0 Å². The normalized spacial score (nSPS) is 24.2. The summed E-state index contributed by atoms with van der Waals surface area (Å²) in [6.07, 6.45) is 6.86. The molecule has 3 heteroatoms. The fourth-order valence-corrected chi connectivity index (χ4v) is 4.48. The summed E-state index contributed by atoms with van der Waals surface area (Å²) in [5.74, 6) is -0.341. The van der Waals surface area contributed by atoms with Crippen LogP contribution in [0.3, 0.4) is 0 Å². The summed E-state index contributed by atoms with van der Waals surface area (Å²) in [6, 6.07) is 5.47. The van der Waals surface area contributed by atoms with Crippen LogP contribution in [0.25, 0.3) is 0 Å². The van der Waals surface area contributed by atoms with E-state index >= 15 is 0 Å². The third-order valence-corrected chi connectivity index (χ3v) is 5.97. The lowest BCUT2D eigenvalue weighted by molar-refractivity contribution is 0.0529. The van der Waals surface area contributed by atoms with Gasteiger partial charge < -0.3 is 9.84 Å². The molecule has 0 bridgehead atoms. The first kappa shape index (κ1) is 19.9. The largest absolute Gasteiger partial charge is 0.478 e. The molecule has 0 radical (unpaired) electrons. The van der Waals surface area contributed by atoms with Crippen molar-refractivity contribution in [3.8, 4) is 0 Å². The van der Waals surface area contributed by atoms with Gasteiger partial charge in [-0.1, -0.05) is 64.5 Å². The van der Waals surface area contributed by atoms with E-state index in [1.54, 1.807) is 11.6 Å². The van der Waals surface area contributed by atoms with E-state index in [0.29, 0.717) is 18.1 Å². The molecule has 146 valence electrons. The molecule has 2 atom stereocenters. The summed E-state index contributed by atoms with van der Waals surface area (Å²) in [7, 11) is 0. The van der Waals surface area contributed by atoms with Crippen molar-refractivity contribution in [2.75, 3.05) is 0 Å². The van der Waals surface area contributed by atoms with Crippen LogP contribution in [0.1, 0.15) is 68.9 Å². The lowest BCUT2D eigenvalue weighted by Crippen LogP contribution is -2.24. The highest BCUT2D eigenvalue weighted by Crippen LogP contribution is 2.51. The van der Waals surface area contributed by atoms with Crippen molar-refractivity contribution in [3.05, 3.63) is 58.2 Å². The Labute approximate surface area is 163 Å². The third kappa shape index (κ3) is 4.19. The van der Waals surface area contributed by atoms with Gasteiger partial charge in [0.2, 0.25) is 0 Å². The number of carbonyl (C=O) groups is 1. The number of hydrogen-bond donors (Lipinski definition) is 1. The van der Waals surface area contributed by atoms with Gasteiger partial charge in [0, 0.05) is 0 Å².